The van der Waals surface area contributed by atoms with E-state index < -0.39 is 6.10 Å². The first kappa shape index (κ1) is 10.5. The molecule has 1 unspecified atom stereocenters. The Labute approximate surface area is 79.6 Å². The molecule has 13 heavy (non-hydrogen) atoms. The van der Waals surface area contributed by atoms with E-state index in [0.29, 0.717) is 0 Å². The third-order valence-corrected chi connectivity index (χ3v) is 2.54. The number of carbonyl (C=O) groups is 1. The largest absolute Gasteiger partial charge is 0.389 e. The van der Waals surface area contributed by atoms with Crippen LogP contribution in [0.4, 0.5) is 0 Å². The number of aliphatic hydroxyl groups is 1. The highest BCUT2D eigenvalue weighted by Crippen LogP contribution is 2.17. The topological polar surface area (TPSA) is 37.3 Å². The minimum atomic E-state index is -0.406. The van der Waals surface area contributed by atoms with Gasteiger partial charge in [-0.1, -0.05) is 19.3 Å². The highest BCUT2D eigenvalue weighted by molar-refractivity contribution is 5.93. The first-order valence-electron chi connectivity index (χ1n) is 5.10. The van der Waals surface area contributed by atoms with Gasteiger partial charge in [-0.05, 0) is 37.8 Å². The van der Waals surface area contributed by atoms with Crippen molar-refractivity contribution in [2.45, 2.75) is 51.6 Å². The predicted molar refractivity (Wildman–Crippen MR) is 52.5 cm³/mol. The molecular weight excluding hydrogens is 164 g/mol. The second-order valence-corrected chi connectivity index (χ2v) is 3.77. The zero-order valence-electron chi connectivity index (χ0n) is 8.25. The van der Waals surface area contributed by atoms with Crippen LogP contribution in [0.5, 0.6) is 0 Å². The maximum atomic E-state index is 11.1. The normalized spacial score (nSPS) is 29.4. The molecule has 0 saturated carbocycles. The van der Waals surface area contributed by atoms with Crippen LogP contribution in [-0.4, -0.2) is 17.0 Å². The fraction of sp³-hybridized carbons (Fsp3) is 0.727. The van der Waals surface area contributed by atoms with Crippen molar-refractivity contribution in [1.29, 1.82) is 0 Å². The van der Waals surface area contributed by atoms with Crippen molar-refractivity contribution in [3.8, 4) is 0 Å². The molecule has 1 aliphatic rings. The molecule has 0 heterocycles. The van der Waals surface area contributed by atoms with Crippen molar-refractivity contribution < 1.29 is 9.90 Å². The smallest absolute Gasteiger partial charge is 0.155 e. The van der Waals surface area contributed by atoms with Crippen LogP contribution in [0.25, 0.3) is 0 Å². The van der Waals surface area contributed by atoms with Crippen LogP contribution < -0.4 is 0 Å². The van der Waals surface area contributed by atoms with E-state index in [0.717, 1.165) is 31.3 Å². The molecule has 1 N–H and O–H groups in total. The Hall–Kier alpha value is -0.630. The minimum absolute atomic E-state index is 0.112. The van der Waals surface area contributed by atoms with Gasteiger partial charge in [0.2, 0.25) is 0 Å². The Morgan fingerprint density at radius 2 is 2.08 bits per heavy atom. The van der Waals surface area contributed by atoms with E-state index in [-0.39, 0.29) is 5.78 Å². The summed E-state index contributed by atoms with van der Waals surface area (Å²) < 4.78 is 0. The van der Waals surface area contributed by atoms with Gasteiger partial charge in [-0.15, -0.1) is 0 Å². The molecule has 74 valence electrons. The number of Topliss-reactive ketones (excluding diaryl/α,β-unsaturated/α-hetero) is 1. The number of aliphatic hydroxyl groups excluding tert-OH is 1. The fourth-order valence-corrected chi connectivity index (χ4v) is 1.71. The lowest BCUT2D eigenvalue weighted by Crippen LogP contribution is -2.05. The third-order valence-electron chi connectivity index (χ3n) is 2.54. The van der Waals surface area contributed by atoms with E-state index in [1.165, 1.54) is 12.8 Å². The van der Waals surface area contributed by atoms with Crippen molar-refractivity contribution >= 4 is 5.78 Å². The molecule has 0 radical (unpaired) electrons. The van der Waals surface area contributed by atoms with E-state index in [4.69, 9.17) is 0 Å². The highest BCUT2D eigenvalue weighted by atomic mass is 16.3. The lowest BCUT2D eigenvalue weighted by atomic mass is 10.0. The molecule has 0 aromatic heterocycles. The van der Waals surface area contributed by atoms with Gasteiger partial charge in [0.25, 0.3) is 0 Å². The van der Waals surface area contributed by atoms with Crippen LogP contribution in [0.1, 0.15) is 45.4 Å². The monoisotopic (exact) mass is 182 g/mol. The average molecular weight is 182 g/mol. The first-order valence-corrected chi connectivity index (χ1v) is 5.10. The standard InChI is InChI=1S/C11H18O2/c1-9(12)10-6-4-2-3-5-7-11(13)8-10/h8,11,13H,2-7H2,1H3/b10-8+. The summed E-state index contributed by atoms with van der Waals surface area (Å²) in [5, 5.41) is 9.53. The van der Waals surface area contributed by atoms with Crippen LogP contribution in [0.2, 0.25) is 0 Å². The third kappa shape index (κ3) is 3.73. The van der Waals surface area contributed by atoms with Gasteiger partial charge in [-0.3, -0.25) is 4.79 Å². The first-order chi connectivity index (χ1) is 6.20. The number of hydrogen-bond donors (Lipinski definition) is 1. The number of ketones is 1. The highest BCUT2D eigenvalue weighted by Gasteiger charge is 2.09. The van der Waals surface area contributed by atoms with E-state index in [9.17, 15) is 9.90 Å². The molecule has 1 rings (SSSR count). The van der Waals surface area contributed by atoms with Gasteiger partial charge in [-0.2, -0.15) is 0 Å². The Kier molecular flexibility index (Phi) is 4.16. The van der Waals surface area contributed by atoms with Crippen LogP contribution >= 0.6 is 0 Å². The summed E-state index contributed by atoms with van der Waals surface area (Å²) in [4.78, 5) is 11.1. The van der Waals surface area contributed by atoms with Crippen molar-refractivity contribution in [3.05, 3.63) is 11.6 Å². The fourth-order valence-electron chi connectivity index (χ4n) is 1.71. The van der Waals surface area contributed by atoms with Crippen molar-refractivity contribution in [3.63, 3.8) is 0 Å². The molecule has 1 aliphatic carbocycles. The summed E-state index contributed by atoms with van der Waals surface area (Å²) in [6, 6.07) is 0. The van der Waals surface area contributed by atoms with E-state index in [1.807, 2.05) is 0 Å². The molecule has 0 saturated heterocycles. The van der Waals surface area contributed by atoms with E-state index in [1.54, 1.807) is 13.0 Å². The molecule has 0 fully saturated rings. The quantitative estimate of drug-likeness (QED) is 0.675. The molecule has 0 aromatic rings. The molecule has 0 aliphatic heterocycles. The lowest BCUT2D eigenvalue weighted by Gasteiger charge is -2.05. The Balaban J connectivity index is 2.63. The zero-order valence-corrected chi connectivity index (χ0v) is 8.25. The van der Waals surface area contributed by atoms with Gasteiger partial charge in [0, 0.05) is 0 Å². The van der Waals surface area contributed by atoms with Crippen LogP contribution in [0.15, 0.2) is 11.6 Å². The zero-order chi connectivity index (χ0) is 9.68. The number of allylic oxidation sites excluding steroid dienone is 1. The summed E-state index contributed by atoms with van der Waals surface area (Å²) >= 11 is 0. The molecule has 0 spiro atoms. The van der Waals surface area contributed by atoms with Gasteiger partial charge in [0.05, 0.1) is 6.10 Å². The van der Waals surface area contributed by atoms with Crippen molar-refractivity contribution in [1.82, 2.24) is 0 Å². The molecular formula is C11H18O2. The van der Waals surface area contributed by atoms with Gasteiger partial charge in [0.15, 0.2) is 5.78 Å². The van der Waals surface area contributed by atoms with Gasteiger partial charge < -0.3 is 5.11 Å². The van der Waals surface area contributed by atoms with Crippen molar-refractivity contribution in [2.75, 3.05) is 0 Å². The lowest BCUT2D eigenvalue weighted by molar-refractivity contribution is -0.113. The Morgan fingerprint density at radius 3 is 2.77 bits per heavy atom. The minimum Gasteiger partial charge on any atom is -0.389 e. The predicted octanol–water partition coefficient (Wildman–Crippen LogP) is 2.22. The van der Waals surface area contributed by atoms with Gasteiger partial charge in [0.1, 0.15) is 0 Å². The van der Waals surface area contributed by atoms with Crippen LogP contribution in [-0.2, 0) is 4.79 Å². The number of carbonyl (C=O) groups excluding carboxylic acids is 1. The molecule has 0 aromatic carbocycles. The van der Waals surface area contributed by atoms with E-state index in [2.05, 4.69) is 0 Å². The maximum absolute atomic E-state index is 11.1. The number of hydrogen-bond acceptors (Lipinski definition) is 2. The summed E-state index contributed by atoms with van der Waals surface area (Å²) in [5.41, 5.74) is 0.814. The van der Waals surface area contributed by atoms with Crippen LogP contribution in [0.3, 0.4) is 0 Å². The molecule has 0 bridgehead atoms. The molecule has 0 amide bonds. The molecule has 2 nitrogen and oxygen atoms in total. The second kappa shape index (κ2) is 5.18. The Morgan fingerprint density at radius 1 is 1.38 bits per heavy atom. The maximum Gasteiger partial charge on any atom is 0.155 e. The van der Waals surface area contributed by atoms with E-state index >= 15 is 0 Å². The summed E-state index contributed by atoms with van der Waals surface area (Å²) in [6.45, 7) is 1.58. The van der Waals surface area contributed by atoms with Gasteiger partial charge >= 0.3 is 0 Å². The molecule has 2 heteroatoms. The number of rotatable bonds is 1. The van der Waals surface area contributed by atoms with Crippen LogP contribution in [0, 0.1) is 0 Å². The summed E-state index contributed by atoms with van der Waals surface area (Å²) in [5.74, 6) is 0.112. The van der Waals surface area contributed by atoms with Gasteiger partial charge in [-0.25, -0.2) is 0 Å². The molecule has 1 atom stereocenters. The summed E-state index contributed by atoms with van der Waals surface area (Å²) in [6.07, 6.45) is 7.49. The second-order valence-electron chi connectivity index (χ2n) is 3.77. The summed E-state index contributed by atoms with van der Waals surface area (Å²) in [7, 11) is 0. The average Bonchev–Trinajstić information content (AvgIpc) is 2.16. The SMILES string of the molecule is CC(=O)/C1=C/C(O)CCCCCC1. The Bertz CT molecular complexity index is 206. The van der Waals surface area contributed by atoms with Crippen molar-refractivity contribution in [2.24, 2.45) is 0 Å².